The van der Waals surface area contributed by atoms with Crippen molar-refractivity contribution in [1.82, 2.24) is 9.55 Å². The van der Waals surface area contributed by atoms with Crippen molar-refractivity contribution in [3.63, 3.8) is 0 Å². The van der Waals surface area contributed by atoms with Crippen LogP contribution in [0.3, 0.4) is 0 Å². The highest BCUT2D eigenvalue weighted by Gasteiger charge is 2.17. The van der Waals surface area contributed by atoms with Gasteiger partial charge in [0.05, 0.1) is 39.5 Å². The van der Waals surface area contributed by atoms with E-state index in [4.69, 9.17) is 35.5 Å². The molecule has 160 valence electrons. The molecular weight excluding hydrogens is 416 g/mol. The summed E-state index contributed by atoms with van der Waals surface area (Å²) in [6, 6.07) is 17.4. The van der Waals surface area contributed by atoms with Gasteiger partial charge in [-0.2, -0.15) is 0 Å². The van der Waals surface area contributed by atoms with Gasteiger partial charge in [0.2, 0.25) is 5.75 Å². The van der Waals surface area contributed by atoms with Crippen LogP contribution < -0.4 is 18.9 Å². The van der Waals surface area contributed by atoms with Crippen molar-refractivity contribution in [2.75, 3.05) is 28.4 Å². The van der Waals surface area contributed by atoms with Crippen molar-refractivity contribution in [2.24, 2.45) is 0 Å². The maximum Gasteiger partial charge on any atom is 0.203 e. The molecule has 31 heavy (non-hydrogen) atoms. The Kier molecular flexibility index (Phi) is 5.91. The molecule has 0 aliphatic carbocycles. The molecule has 4 rings (SSSR count). The third kappa shape index (κ3) is 3.99. The molecule has 0 saturated carbocycles. The van der Waals surface area contributed by atoms with Crippen LogP contribution in [0, 0.1) is 0 Å². The average Bonchev–Trinajstić information content (AvgIpc) is 3.15. The van der Waals surface area contributed by atoms with E-state index >= 15 is 0 Å². The fourth-order valence-corrected chi connectivity index (χ4v) is 3.80. The standard InChI is InChI=1S/C24H23ClN2O4/c1-28-18-8-5-16(6-9-18)24-26-19-13-17(25)7-10-20(19)27(24)14-15-11-21(29-2)23(31-4)22(12-15)30-3/h5-13H,14H2,1-4H3. The zero-order valence-electron chi connectivity index (χ0n) is 17.8. The zero-order chi connectivity index (χ0) is 22.0. The Labute approximate surface area is 185 Å². The van der Waals surface area contributed by atoms with Crippen LogP contribution in [0.25, 0.3) is 22.4 Å². The molecule has 1 aromatic heterocycles. The third-order valence-corrected chi connectivity index (χ3v) is 5.36. The molecule has 0 atom stereocenters. The average molecular weight is 439 g/mol. The summed E-state index contributed by atoms with van der Waals surface area (Å²) < 4.78 is 23.9. The predicted octanol–water partition coefficient (Wildman–Crippen LogP) is 5.44. The van der Waals surface area contributed by atoms with Gasteiger partial charge in [-0.05, 0) is 60.2 Å². The second-order valence-corrected chi connectivity index (χ2v) is 7.35. The van der Waals surface area contributed by atoms with Crippen molar-refractivity contribution < 1.29 is 18.9 Å². The van der Waals surface area contributed by atoms with E-state index in [9.17, 15) is 0 Å². The van der Waals surface area contributed by atoms with E-state index in [2.05, 4.69) is 4.57 Å². The van der Waals surface area contributed by atoms with Crippen LogP contribution in [0.2, 0.25) is 5.02 Å². The number of aromatic nitrogens is 2. The Balaban J connectivity index is 1.86. The molecule has 0 fully saturated rings. The summed E-state index contributed by atoms with van der Waals surface area (Å²) in [6.45, 7) is 0.552. The minimum atomic E-state index is 0.552. The molecule has 0 bridgehead atoms. The molecular formula is C24H23ClN2O4. The van der Waals surface area contributed by atoms with E-state index in [1.807, 2.05) is 54.6 Å². The summed E-state index contributed by atoms with van der Waals surface area (Å²) in [6.07, 6.45) is 0. The van der Waals surface area contributed by atoms with Gasteiger partial charge in [0, 0.05) is 17.1 Å². The number of nitrogens with zero attached hydrogens (tertiary/aromatic N) is 2. The second-order valence-electron chi connectivity index (χ2n) is 6.92. The van der Waals surface area contributed by atoms with Crippen molar-refractivity contribution in [3.8, 4) is 34.4 Å². The number of imidazole rings is 1. The number of hydrogen-bond donors (Lipinski definition) is 0. The Morgan fingerprint density at radius 1 is 0.806 bits per heavy atom. The van der Waals surface area contributed by atoms with Gasteiger partial charge in [-0.25, -0.2) is 4.98 Å². The molecule has 0 unspecified atom stereocenters. The Morgan fingerprint density at radius 2 is 1.48 bits per heavy atom. The van der Waals surface area contributed by atoms with Gasteiger partial charge in [0.1, 0.15) is 11.6 Å². The first-order chi connectivity index (χ1) is 15.1. The van der Waals surface area contributed by atoms with Crippen LogP contribution >= 0.6 is 11.6 Å². The van der Waals surface area contributed by atoms with Crippen LogP contribution in [0.15, 0.2) is 54.6 Å². The highest BCUT2D eigenvalue weighted by atomic mass is 35.5. The highest BCUT2D eigenvalue weighted by molar-refractivity contribution is 6.31. The molecule has 0 saturated heterocycles. The topological polar surface area (TPSA) is 54.7 Å². The molecule has 7 heteroatoms. The maximum atomic E-state index is 6.23. The van der Waals surface area contributed by atoms with Crippen LogP contribution in [0.5, 0.6) is 23.0 Å². The largest absolute Gasteiger partial charge is 0.497 e. The molecule has 0 spiro atoms. The van der Waals surface area contributed by atoms with Gasteiger partial charge in [0.15, 0.2) is 11.5 Å². The lowest BCUT2D eigenvalue weighted by molar-refractivity contribution is 0.323. The summed E-state index contributed by atoms with van der Waals surface area (Å²) >= 11 is 6.23. The fraction of sp³-hybridized carbons (Fsp3) is 0.208. The Hall–Kier alpha value is -3.38. The first kappa shape index (κ1) is 20.9. The lowest BCUT2D eigenvalue weighted by atomic mass is 10.1. The van der Waals surface area contributed by atoms with Gasteiger partial charge in [-0.3, -0.25) is 0 Å². The van der Waals surface area contributed by atoms with Crippen molar-refractivity contribution in [1.29, 1.82) is 0 Å². The van der Waals surface area contributed by atoms with E-state index in [0.717, 1.165) is 33.7 Å². The van der Waals surface area contributed by atoms with Gasteiger partial charge < -0.3 is 23.5 Å². The van der Waals surface area contributed by atoms with Crippen molar-refractivity contribution in [3.05, 3.63) is 65.2 Å². The number of methoxy groups -OCH3 is 4. The van der Waals surface area contributed by atoms with Gasteiger partial charge in [-0.15, -0.1) is 0 Å². The van der Waals surface area contributed by atoms with Crippen molar-refractivity contribution >= 4 is 22.6 Å². The molecule has 0 aliphatic rings. The predicted molar refractivity (Wildman–Crippen MR) is 122 cm³/mol. The molecule has 0 amide bonds. The molecule has 0 N–H and O–H groups in total. The summed E-state index contributed by atoms with van der Waals surface area (Å²) in [5.74, 6) is 3.39. The van der Waals surface area contributed by atoms with Crippen molar-refractivity contribution in [2.45, 2.75) is 6.54 Å². The van der Waals surface area contributed by atoms with Gasteiger partial charge in [0.25, 0.3) is 0 Å². The molecule has 3 aromatic carbocycles. The SMILES string of the molecule is COc1ccc(-c2nc3cc(Cl)ccc3n2Cc2cc(OC)c(OC)c(OC)c2)cc1. The molecule has 4 aromatic rings. The van der Waals surface area contributed by atoms with E-state index in [1.165, 1.54) is 0 Å². The molecule has 6 nitrogen and oxygen atoms in total. The number of ether oxygens (including phenoxy) is 4. The molecule has 1 heterocycles. The smallest absolute Gasteiger partial charge is 0.203 e. The van der Waals surface area contributed by atoms with Crippen LogP contribution in [0.4, 0.5) is 0 Å². The monoisotopic (exact) mass is 438 g/mol. The summed E-state index contributed by atoms with van der Waals surface area (Å²) in [5, 5.41) is 0.645. The lowest BCUT2D eigenvalue weighted by Crippen LogP contribution is -2.04. The van der Waals surface area contributed by atoms with E-state index < -0.39 is 0 Å². The number of hydrogen-bond acceptors (Lipinski definition) is 5. The zero-order valence-corrected chi connectivity index (χ0v) is 18.6. The highest BCUT2D eigenvalue weighted by Crippen LogP contribution is 2.39. The first-order valence-corrected chi connectivity index (χ1v) is 10.0. The normalized spacial score (nSPS) is 10.9. The quantitative estimate of drug-likeness (QED) is 0.384. The second kappa shape index (κ2) is 8.78. The lowest BCUT2D eigenvalue weighted by Gasteiger charge is -2.16. The first-order valence-electron chi connectivity index (χ1n) is 9.67. The van der Waals surface area contributed by atoms with E-state index in [1.54, 1.807) is 28.4 Å². The molecule has 0 radical (unpaired) electrons. The summed E-state index contributed by atoms with van der Waals surface area (Å²) in [5.41, 5.74) is 3.76. The minimum Gasteiger partial charge on any atom is -0.497 e. The number of benzene rings is 3. The Morgan fingerprint density at radius 3 is 2.06 bits per heavy atom. The van der Waals surface area contributed by atoms with Crippen LogP contribution in [-0.2, 0) is 6.54 Å². The fourth-order valence-electron chi connectivity index (χ4n) is 3.63. The van der Waals surface area contributed by atoms with Crippen LogP contribution in [0.1, 0.15) is 5.56 Å². The number of rotatable bonds is 7. The minimum absolute atomic E-state index is 0.552. The number of halogens is 1. The van der Waals surface area contributed by atoms with Gasteiger partial charge >= 0.3 is 0 Å². The molecule has 0 aliphatic heterocycles. The number of fused-ring (bicyclic) bond motifs is 1. The van der Waals surface area contributed by atoms with Crippen LogP contribution in [-0.4, -0.2) is 38.0 Å². The van der Waals surface area contributed by atoms with E-state index in [-0.39, 0.29) is 0 Å². The van der Waals surface area contributed by atoms with Gasteiger partial charge in [-0.1, -0.05) is 11.6 Å². The maximum absolute atomic E-state index is 6.23. The third-order valence-electron chi connectivity index (χ3n) is 5.12. The Bertz CT molecular complexity index is 1190. The van der Waals surface area contributed by atoms with E-state index in [0.29, 0.717) is 28.8 Å². The summed E-state index contributed by atoms with van der Waals surface area (Å²) in [4.78, 5) is 4.86. The summed E-state index contributed by atoms with van der Waals surface area (Å²) in [7, 11) is 6.46.